The van der Waals surface area contributed by atoms with Crippen LogP contribution in [0.4, 0.5) is 0 Å². The first-order valence-electron chi connectivity index (χ1n) is 5.73. The van der Waals surface area contributed by atoms with Gasteiger partial charge in [0.1, 0.15) is 17.3 Å². The lowest BCUT2D eigenvalue weighted by molar-refractivity contribution is 0.0539. The second-order valence-corrected chi connectivity index (χ2v) is 5.27. The molecule has 0 radical (unpaired) electrons. The molecule has 0 aliphatic heterocycles. The minimum Gasteiger partial charge on any atom is -0.490 e. The van der Waals surface area contributed by atoms with Crippen LogP contribution in [-0.4, -0.2) is 46.5 Å². The second-order valence-electron chi connectivity index (χ2n) is 3.88. The van der Waals surface area contributed by atoms with Crippen molar-refractivity contribution >= 4 is 10.1 Å². The van der Waals surface area contributed by atoms with Crippen molar-refractivity contribution in [3.05, 3.63) is 23.8 Å². The predicted octanol–water partition coefficient (Wildman–Crippen LogP) is 1.28. The van der Waals surface area contributed by atoms with Crippen molar-refractivity contribution < 1.29 is 27.2 Å². The summed E-state index contributed by atoms with van der Waals surface area (Å²) < 4.78 is 46.7. The van der Waals surface area contributed by atoms with Crippen LogP contribution in [0.1, 0.15) is 5.56 Å². The molecule has 0 spiro atoms. The quantitative estimate of drug-likeness (QED) is 0.574. The Morgan fingerprint density at radius 2 is 1.84 bits per heavy atom. The van der Waals surface area contributed by atoms with E-state index in [9.17, 15) is 8.42 Å². The van der Waals surface area contributed by atoms with Crippen molar-refractivity contribution in [2.24, 2.45) is 0 Å². The first kappa shape index (κ1) is 15.9. The average Bonchev–Trinajstić information content (AvgIpc) is 2.32. The molecular weight excluding hydrogens is 272 g/mol. The number of rotatable bonds is 8. The van der Waals surface area contributed by atoms with Crippen LogP contribution < -0.4 is 4.74 Å². The van der Waals surface area contributed by atoms with Gasteiger partial charge in [0.2, 0.25) is 0 Å². The van der Waals surface area contributed by atoms with Crippen molar-refractivity contribution in [3.8, 4) is 5.75 Å². The lowest BCUT2D eigenvalue weighted by Gasteiger charge is -2.10. The van der Waals surface area contributed by atoms with Gasteiger partial charge in [-0.15, -0.1) is 0 Å². The lowest BCUT2D eigenvalue weighted by atomic mass is 10.2. The molecule has 0 saturated heterocycles. The molecule has 108 valence electrons. The zero-order valence-corrected chi connectivity index (χ0v) is 11.8. The maximum Gasteiger partial charge on any atom is 0.298 e. The van der Waals surface area contributed by atoms with Crippen molar-refractivity contribution in [2.45, 2.75) is 11.8 Å². The Morgan fingerprint density at radius 1 is 1.16 bits per heavy atom. The third-order valence-electron chi connectivity index (χ3n) is 2.29. The van der Waals surface area contributed by atoms with Gasteiger partial charge in [-0.05, 0) is 24.6 Å². The van der Waals surface area contributed by atoms with E-state index >= 15 is 0 Å². The summed E-state index contributed by atoms with van der Waals surface area (Å²) in [5.74, 6) is 0.123. The van der Waals surface area contributed by atoms with Crippen molar-refractivity contribution in [2.75, 3.05) is 33.5 Å². The Morgan fingerprint density at radius 3 is 2.47 bits per heavy atom. The van der Waals surface area contributed by atoms with E-state index in [1.807, 2.05) is 0 Å². The summed E-state index contributed by atoms with van der Waals surface area (Å²) in [4.78, 5) is -0.241. The molecule has 0 heterocycles. The van der Waals surface area contributed by atoms with Gasteiger partial charge in [0.15, 0.2) is 0 Å². The van der Waals surface area contributed by atoms with Gasteiger partial charge < -0.3 is 14.2 Å². The Kier molecular flexibility index (Phi) is 6.23. The van der Waals surface area contributed by atoms with Gasteiger partial charge in [0, 0.05) is 7.11 Å². The van der Waals surface area contributed by atoms with Gasteiger partial charge in [-0.2, -0.15) is 8.42 Å². The highest BCUT2D eigenvalue weighted by molar-refractivity contribution is 7.86. The number of hydrogen-bond donors (Lipinski definition) is 1. The molecule has 6 nitrogen and oxygen atoms in total. The van der Waals surface area contributed by atoms with Crippen LogP contribution in [0, 0.1) is 6.92 Å². The highest BCUT2D eigenvalue weighted by Gasteiger charge is 2.16. The Hall–Kier alpha value is -1.15. The average molecular weight is 290 g/mol. The van der Waals surface area contributed by atoms with E-state index in [-0.39, 0.29) is 17.3 Å². The minimum absolute atomic E-state index is 0.123. The van der Waals surface area contributed by atoms with Crippen LogP contribution in [0.3, 0.4) is 0 Å². The largest absolute Gasteiger partial charge is 0.490 e. The van der Waals surface area contributed by atoms with Crippen molar-refractivity contribution in [3.63, 3.8) is 0 Å². The Labute approximate surface area is 113 Å². The fourth-order valence-corrected chi connectivity index (χ4v) is 2.01. The number of benzene rings is 1. The maximum absolute atomic E-state index is 11.2. The number of aryl methyl sites for hydroxylation is 1. The monoisotopic (exact) mass is 290 g/mol. The molecule has 0 saturated carbocycles. The molecule has 0 aliphatic rings. The van der Waals surface area contributed by atoms with E-state index in [0.29, 0.717) is 19.8 Å². The summed E-state index contributed by atoms with van der Waals surface area (Å²) in [7, 11) is -2.71. The third-order valence-corrected chi connectivity index (χ3v) is 3.19. The topological polar surface area (TPSA) is 82.1 Å². The van der Waals surface area contributed by atoms with Gasteiger partial charge >= 0.3 is 0 Å². The van der Waals surface area contributed by atoms with Gasteiger partial charge in [0.25, 0.3) is 10.1 Å². The minimum atomic E-state index is -4.29. The zero-order chi connectivity index (χ0) is 14.3. The van der Waals surface area contributed by atoms with Crippen molar-refractivity contribution in [1.82, 2.24) is 0 Å². The number of ether oxygens (including phenoxy) is 3. The van der Waals surface area contributed by atoms with Gasteiger partial charge in [-0.3, -0.25) is 4.55 Å². The summed E-state index contributed by atoms with van der Waals surface area (Å²) in [6.07, 6.45) is 0. The molecular formula is C12H18O6S. The zero-order valence-electron chi connectivity index (χ0n) is 11.0. The molecule has 0 atom stereocenters. The smallest absolute Gasteiger partial charge is 0.298 e. The molecule has 0 bridgehead atoms. The van der Waals surface area contributed by atoms with Gasteiger partial charge in [-0.1, -0.05) is 6.07 Å². The second kappa shape index (κ2) is 7.44. The van der Waals surface area contributed by atoms with Crippen LogP contribution in [-0.2, 0) is 19.6 Å². The molecule has 1 rings (SSSR count). The fraction of sp³-hybridized carbons (Fsp3) is 0.500. The molecule has 1 N–H and O–H groups in total. The Balaban J connectivity index is 2.60. The van der Waals surface area contributed by atoms with Gasteiger partial charge in [0.05, 0.1) is 19.8 Å². The molecule has 0 amide bonds. The third kappa shape index (κ3) is 5.56. The van der Waals surface area contributed by atoms with Crippen LogP contribution in [0.25, 0.3) is 0 Å². The van der Waals surface area contributed by atoms with E-state index in [1.54, 1.807) is 26.2 Å². The number of hydrogen-bond acceptors (Lipinski definition) is 5. The summed E-state index contributed by atoms with van der Waals surface area (Å²) >= 11 is 0. The summed E-state index contributed by atoms with van der Waals surface area (Å²) in [6.45, 7) is 3.23. The van der Waals surface area contributed by atoms with Gasteiger partial charge in [-0.25, -0.2) is 0 Å². The normalized spacial score (nSPS) is 11.5. The fourth-order valence-electron chi connectivity index (χ4n) is 1.40. The first-order valence-corrected chi connectivity index (χ1v) is 7.17. The molecule has 0 fully saturated rings. The van der Waals surface area contributed by atoms with Crippen LogP contribution in [0.2, 0.25) is 0 Å². The molecule has 19 heavy (non-hydrogen) atoms. The van der Waals surface area contributed by atoms with E-state index in [0.717, 1.165) is 5.56 Å². The SMILES string of the molecule is COCCOCCOc1cc(C)ccc1S(=O)(=O)O. The summed E-state index contributed by atoms with van der Waals surface area (Å²) in [5.41, 5.74) is 0.836. The molecule has 1 aromatic carbocycles. The van der Waals surface area contributed by atoms with E-state index in [2.05, 4.69) is 0 Å². The molecule has 0 unspecified atom stereocenters. The van der Waals surface area contributed by atoms with Crippen LogP contribution in [0.15, 0.2) is 23.1 Å². The number of methoxy groups -OCH3 is 1. The van der Waals surface area contributed by atoms with E-state index < -0.39 is 10.1 Å². The molecule has 0 aliphatic carbocycles. The summed E-state index contributed by atoms with van der Waals surface area (Å²) in [6, 6.07) is 4.45. The Bertz CT molecular complexity index is 497. The first-order chi connectivity index (χ1) is 8.95. The highest BCUT2D eigenvalue weighted by atomic mass is 32.2. The van der Waals surface area contributed by atoms with Crippen LogP contribution >= 0.6 is 0 Å². The molecule has 0 aromatic heterocycles. The maximum atomic E-state index is 11.2. The molecule has 1 aromatic rings. The van der Waals surface area contributed by atoms with Crippen molar-refractivity contribution in [1.29, 1.82) is 0 Å². The highest BCUT2D eigenvalue weighted by Crippen LogP contribution is 2.24. The van der Waals surface area contributed by atoms with E-state index in [1.165, 1.54) is 6.07 Å². The molecule has 7 heteroatoms. The predicted molar refractivity (Wildman–Crippen MR) is 69.2 cm³/mol. The standard InChI is InChI=1S/C12H18O6S/c1-10-3-4-12(19(13,14)15)11(9-10)18-8-7-17-6-5-16-2/h3-4,9H,5-8H2,1-2H3,(H,13,14,15). The lowest BCUT2D eigenvalue weighted by Crippen LogP contribution is -2.11. The summed E-state index contributed by atoms with van der Waals surface area (Å²) in [5, 5.41) is 0. The van der Waals surface area contributed by atoms with Crippen LogP contribution in [0.5, 0.6) is 5.75 Å². The van der Waals surface area contributed by atoms with E-state index in [4.69, 9.17) is 18.8 Å².